The van der Waals surface area contributed by atoms with Gasteiger partial charge in [0.05, 0.1) is 6.07 Å². The van der Waals surface area contributed by atoms with E-state index in [1.54, 1.807) is 0 Å². The quantitative estimate of drug-likeness (QED) is 0.744. The van der Waals surface area contributed by atoms with Gasteiger partial charge in [-0.25, -0.2) is 0 Å². The first kappa shape index (κ1) is 11.7. The fraction of sp³-hybridized carbons (Fsp3) is 0.429. The molecule has 0 spiro atoms. The Hall–Kier alpha value is -1.82. The lowest BCUT2D eigenvalue weighted by Gasteiger charge is -2.30. The van der Waals surface area contributed by atoms with E-state index in [4.69, 9.17) is 5.26 Å². The molecule has 0 fully saturated rings. The first-order chi connectivity index (χ1) is 8.33. The maximum absolute atomic E-state index is 11.7. The minimum Gasteiger partial charge on any atom is -0.370 e. The van der Waals surface area contributed by atoms with Crippen LogP contribution in [0.5, 0.6) is 0 Å². The van der Waals surface area contributed by atoms with Gasteiger partial charge in [-0.3, -0.25) is 4.79 Å². The van der Waals surface area contributed by atoms with Gasteiger partial charge in [0.25, 0.3) is 0 Å². The van der Waals surface area contributed by atoms with Crippen LogP contribution >= 0.6 is 0 Å². The third-order valence-electron chi connectivity index (χ3n) is 3.12. The lowest BCUT2D eigenvalue weighted by molar-refractivity contribution is 0.0980. The highest BCUT2D eigenvalue weighted by Gasteiger charge is 2.21. The number of rotatable bonds is 4. The molecule has 1 aliphatic heterocycles. The van der Waals surface area contributed by atoms with Crippen molar-refractivity contribution in [2.45, 2.75) is 25.7 Å². The standard InChI is InChI=1S/C14H16N2O/c15-9-4-1-5-10-16-11-8-14(17)12-6-2-3-7-13(12)16/h2-3,6-7H,1,4-5,8,10-11H2. The SMILES string of the molecule is N#CCCCCN1CCC(=O)c2ccccc21. The second-order valence-corrected chi connectivity index (χ2v) is 4.29. The summed E-state index contributed by atoms with van der Waals surface area (Å²) in [6.07, 6.45) is 3.17. The number of para-hydroxylation sites is 1. The smallest absolute Gasteiger partial charge is 0.166 e. The number of ketones is 1. The van der Waals surface area contributed by atoms with Crippen molar-refractivity contribution in [2.24, 2.45) is 0 Å². The molecule has 0 atom stereocenters. The van der Waals surface area contributed by atoms with Crippen LogP contribution in [0.15, 0.2) is 24.3 Å². The molecule has 3 heteroatoms. The Morgan fingerprint density at radius 1 is 1.29 bits per heavy atom. The molecule has 0 saturated carbocycles. The minimum atomic E-state index is 0.244. The van der Waals surface area contributed by atoms with E-state index in [1.165, 1.54) is 0 Å². The predicted molar refractivity (Wildman–Crippen MR) is 67.1 cm³/mol. The van der Waals surface area contributed by atoms with E-state index >= 15 is 0 Å². The van der Waals surface area contributed by atoms with Gasteiger partial charge >= 0.3 is 0 Å². The molecule has 0 N–H and O–H groups in total. The normalized spacial score (nSPS) is 14.3. The molecule has 0 bridgehead atoms. The molecule has 1 aromatic carbocycles. The number of hydrogen-bond donors (Lipinski definition) is 0. The topological polar surface area (TPSA) is 44.1 Å². The summed E-state index contributed by atoms with van der Waals surface area (Å²) in [5.41, 5.74) is 1.90. The van der Waals surface area contributed by atoms with Crippen molar-refractivity contribution in [3.8, 4) is 6.07 Å². The highest BCUT2D eigenvalue weighted by molar-refractivity contribution is 6.03. The number of Topliss-reactive ketones (excluding diaryl/α,β-unsaturated/α-hetero) is 1. The molecule has 0 amide bonds. The minimum absolute atomic E-state index is 0.244. The van der Waals surface area contributed by atoms with Gasteiger partial charge in [-0.2, -0.15) is 5.26 Å². The Labute approximate surface area is 102 Å². The van der Waals surface area contributed by atoms with Crippen LogP contribution in [0.4, 0.5) is 5.69 Å². The van der Waals surface area contributed by atoms with Crippen LogP contribution in [0.3, 0.4) is 0 Å². The molecule has 1 aliphatic rings. The summed E-state index contributed by atoms with van der Waals surface area (Å²) in [7, 11) is 0. The van der Waals surface area contributed by atoms with Crippen molar-refractivity contribution in [1.29, 1.82) is 5.26 Å². The van der Waals surface area contributed by atoms with E-state index in [0.29, 0.717) is 12.8 Å². The van der Waals surface area contributed by atoms with Crippen molar-refractivity contribution in [1.82, 2.24) is 0 Å². The third-order valence-corrected chi connectivity index (χ3v) is 3.12. The van der Waals surface area contributed by atoms with Gasteiger partial charge in [0.15, 0.2) is 5.78 Å². The van der Waals surface area contributed by atoms with E-state index in [-0.39, 0.29) is 5.78 Å². The second kappa shape index (κ2) is 5.49. The number of nitriles is 1. The molecular formula is C14H16N2O. The maximum atomic E-state index is 11.7. The van der Waals surface area contributed by atoms with E-state index in [0.717, 1.165) is 37.2 Å². The molecule has 1 heterocycles. The van der Waals surface area contributed by atoms with E-state index in [2.05, 4.69) is 11.0 Å². The lowest BCUT2D eigenvalue weighted by atomic mass is 10.00. The van der Waals surface area contributed by atoms with Crippen molar-refractivity contribution >= 4 is 11.5 Å². The average Bonchev–Trinajstić information content (AvgIpc) is 2.37. The second-order valence-electron chi connectivity index (χ2n) is 4.29. The zero-order valence-electron chi connectivity index (χ0n) is 9.85. The van der Waals surface area contributed by atoms with Gasteiger partial charge < -0.3 is 4.90 Å². The molecule has 88 valence electrons. The van der Waals surface area contributed by atoms with Crippen molar-refractivity contribution < 1.29 is 4.79 Å². The van der Waals surface area contributed by atoms with E-state index in [1.807, 2.05) is 24.3 Å². The summed E-state index contributed by atoms with van der Waals surface area (Å²) in [5.74, 6) is 0.244. The number of fused-ring (bicyclic) bond motifs is 1. The monoisotopic (exact) mass is 228 g/mol. The number of carbonyl (C=O) groups excluding carboxylic acids is 1. The first-order valence-corrected chi connectivity index (χ1v) is 6.07. The van der Waals surface area contributed by atoms with Gasteiger partial charge in [0, 0.05) is 37.2 Å². The number of hydrogen-bond acceptors (Lipinski definition) is 3. The van der Waals surface area contributed by atoms with Crippen LogP contribution in [0.25, 0.3) is 0 Å². The molecule has 0 aromatic heterocycles. The fourth-order valence-electron chi connectivity index (χ4n) is 2.22. The van der Waals surface area contributed by atoms with Crippen LogP contribution in [-0.4, -0.2) is 18.9 Å². The molecule has 0 unspecified atom stereocenters. The number of anilines is 1. The molecule has 1 aromatic rings. The van der Waals surface area contributed by atoms with Crippen LogP contribution in [-0.2, 0) is 0 Å². The Bertz CT molecular complexity index is 448. The largest absolute Gasteiger partial charge is 0.370 e. The Balaban J connectivity index is 2.03. The number of carbonyl (C=O) groups is 1. The number of benzene rings is 1. The average molecular weight is 228 g/mol. The zero-order chi connectivity index (χ0) is 12.1. The molecule has 0 radical (unpaired) electrons. The predicted octanol–water partition coefficient (Wildman–Crippen LogP) is 2.77. The summed E-state index contributed by atoms with van der Waals surface area (Å²) in [4.78, 5) is 14.0. The molecular weight excluding hydrogens is 212 g/mol. The Kier molecular flexibility index (Phi) is 3.77. The van der Waals surface area contributed by atoms with E-state index < -0.39 is 0 Å². The van der Waals surface area contributed by atoms with Gasteiger partial charge in [-0.15, -0.1) is 0 Å². The Morgan fingerprint density at radius 3 is 2.94 bits per heavy atom. The summed E-state index contributed by atoms with van der Waals surface area (Å²) in [6, 6.07) is 9.96. The number of unbranched alkanes of at least 4 members (excludes halogenated alkanes) is 2. The molecule has 0 aliphatic carbocycles. The van der Waals surface area contributed by atoms with E-state index in [9.17, 15) is 4.79 Å². The molecule has 2 rings (SSSR count). The summed E-state index contributed by atoms with van der Waals surface area (Å²) < 4.78 is 0. The van der Waals surface area contributed by atoms with Crippen LogP contribution < -0.4 is 4.90 Å². The summed E-state index contributed by atoms with van der Waals surface area (Å²) in [5, 5.41) is 8.49. The highest BCUT2D eigenvalue weighted by Crippen LogP contribution is 2.26. The molecule has 3 nitrogen and oxygen atoms in total. The lowest BCUT2D eigenvalue weighted by Crippen LogP contribution is -2.32. The first-order valence-electron chi connectivity index (χ1n) is 6.07. The van der Waals surface area contributed by atoms with Crippen molar-refractivity contribution in [2.75, 3.05) is 18.0 Å². The molecule has 17 heavy (non-hydrogen) atoms. The van der Waals surface area contributed by atoms with Crippen LogP contribution in [0, 0.1) is 11.3 Å². The van der Waals surface area contributed by atoms with Gasteiger partial charge in [0.1, 0.15) is 0 Å². The van der Waals surface area contributed by atoms with Gasteiger partial charge in [-0.05, 0) is 25.0 Å². The fourth-order valence-corrected chi connectivity index (χ4v) is 2.22. The van der Waals surface area contributed by atoms with Crippen molar-refractivity contribution in [3.63, 3.8) is 0 Å². The van der Waals surface area contributed by atoms with Crippen LogP contribution in [0.1, 0.15) is 36.0 Å². The zero-order valence-corrected chi connectivity index (χ0v) is 9.85. The van der Waals surface area contributed by atoms with Gasteiger partial charge in [-0.1, -0.05) is 12.1 Å². The number of nitrogens with zero attached hydrogens (tertiary/aromatic N) is 2. The van der Waals surface area contributed by atoms with Crippen LogP contribution in [0.2, 0.25) is 0 Å². The Morgan fingerprint density at radius 2 is 2.12 bits per heavy atom. The summed E-state index contributed by atoms with van der Waals surface area (Å²) >= 11 is 0. The third kappa shape index (κ3) is 2.65. The van der Waals surface area contributed by atoms with Gasteiger partial charge in [0.2, 0.25) is 0 Å². The maximum Gasteiger partial charge on any atom is 0.166 e. The molecule has 0 saturated heterocycles. The van der Waals surface area contributed by atoms with Crippen molar-refractivity contribution in [3.05, 3.63) is 29.8 Å². The highest BCUT2D eigenvalue weighted by atomic mass is 16.1. The summed E-state index contributed by atoms with van der Waals surface area (Å²) in [6.45, 7) is 1.74.